The van der Waals surface area contributed by atoms with E-state index in [0.29, 0.717) is 11.9 Å². The van der Waals surface area contributed by atoms with Crippen molar-refractivity contribution in [2.75, 3.05) is 17.0 Å². The number of aryl methyl sites for hydroxylation is 1. The van der Waals surface area contributed by atoms with Gasteiger partial charge in [-0.3, -0.25) is 14.9 Å². The molecule has 5 heteroatoms. The minimum Gasteiger partial charge on any atom is -0.291 e. The average molecular weight is 684 g/mol. The number of benzene rings is 3. The molecule has 1 aromatic heterocycles. The molecule has 0 atom stereocenters. The highest BCUT2D eigenvalue weighted by atomic mass is 15.6. The summed E-state index contributed by atoms with van der Waals surface area (Å²) in [5, 5.41) is 6.84. The molecule has 52 heavy (non-hydrogen) atoms. The van der Waals surface area contributed by atoms with Gasteiger partial charge in [-0.15, -0.1) is 0 Å². The Labute approximate surface area is 309 Å². The highest BCUT2D eigenvalue weighted by molar-refractivity contribution is 6.06. The quantitative estimate of drug-likeness (QED) is 0.189. The normalized spacial score (nSPS) is 18.1. The fraction of sp³-hybridized carbons (Fsp3) is 0.234. The van der Waals surface area contributed by atoms with Crippen molar-refractivity contribution in [2.45, 2.75) is 59.8 Å². The van der Waals surface area contributed by atoms with E-state index in [4.69, 9.17) is 9.97 Å². The van der Waals surface area contributed by atoms with Gasteiger partial charge in [0.25, 0.3) is 0 Å². The zero-order valence-electron chi connectivity index (χ0n) is 31.2. The maximum atomic E-state index is 5.27. The van der Waals surface area contributed by atoms with Crippen molar-refractivity contribution in [1.82, 2.24) is 15.0 Å². The Balaban J connectivity index is 1.45. The third-order valence-corrected chi connectivity index (χ3v) is 10.2. The lowest BCUT2D eigenvalue weighted by molar-refractivity contribution is 0.451. The van der Waals surface area contributed by atoms with E-state index in [9.17, 15) is 0 Å². The molecule has 0 radical (unpaired) electrons. The van der Waals surface area contributed by atoms with E-state index in [1.165, 1.54) is 27.5 Å². The van der Waals surface area contributed by atoms with Gasteiger partial charge in [-0.25, -0.2) is 9.97 Å². The van der Waals surface area contributed by atoms with Crippen LogP contribution in [0, 0.1) is 19.8 Å². The van der Waals surface area contributed by atoms with Crippen LogP contribution in [0.1, 0.15) is 67.6 Å². The van der Waals surface area contributed by atoms with Crippen molar-refractivity contribution in [3.63, 3.8) is 0 Å². The summed E-state index contributed by atoms with van der Waals surface area (Å²) in [7, 11) is 2.10. The lowest BCUT2D eigenvalue weighted by Gasteiger charge is -2.36. The van der Waals surface area contributed by atoms with Crippen LogP contribution in [0.3, 0.4) is 0 Å². The van der Waals surface area contributed by atoms with E-state index in [-0.39, 0.29) is 0 Å². The van der Waals surface area contributed by atoms with Crippen LogP contribution in [-0.2, 0) is 6.42 Å². The Morgan fingerprint density at radius 1 is 0.865 bits per heavy atom. The SMILES string of the molecule is C=C/C(=C\C(C)C)N1c2c(cc(-c3ccc4c(c3)N(c3nc(C)c(C)c(C5=CC=CCC5)n3)/C=C\CCC4=C)c3ccccc23)C/C=C\C=C/N1C. The molecule has 3 aromatic carbocycles. The third-order valence-electron chi connectivity index (χ3n) is 10.2. The summed E-state index contributed by atoms with van der Waals surface area (Å²) in [4.78, 5) is 12.5. The highest BCUT2D eigenvalue weighted by Crippen LogP contribution is 2.44. The fourth-order valence-corrected chi connectivity index (χ4v) is 7.47. The van der Waals surface area contributed by atoms with Crippen LogP contribution in [0.4, 0.5) is 17.3 Å². The first-order chi connectivity index (χ1) is 25.2. The molecule has 0 fully saturated rings. The molecular weight excluding hydrogens is 635 g/mol. The first-order valence-corrected chi connectivity index (χ1v) is 18.5. The summed E-state index contributed by atoms with van der Waals surface area (Å²) >= 11 is 0. The Morgan fingerprint density at radius 3 is 2.44 bits per heavy atom. The van der Waals surface area contributed by atoms with Gasteiger partial charge in [0, 0.05) is 36.1 Å². The molecule has 262 valence electrons. The van der Waals surface area contributed by atoms with Crippen LogP contribution in [0.5, 0.6) is 0 Å². The topological polar surface area (TPSA) is 35.5 Å². The number of allylic oxidation sites excluding steroid dienone is 11. The fourth-order valence-electron chi connectivity index (χ4n) is 7.47. The highest BCUT2D eigenvalue weighted by Gasteiger charge is 2.25. The van der Waals surface area contributed by atoms with Gasteiger partial charge >= 0.3 is 0 Å². The van der Waals surface area contributed by atoms with Gasteiger partial charge in [-0.05, 0) is 115 Å². The molecule has 0 N–H and O–H groups in total. The smallest absolute Gasteiger partial charge is 0.234 e. The summed E-state index contributed by atoms with van der Waals surface area (Å²) in [5.74, 6) is 1.04. The maximum Gasteiger partial charge on any atom is 0.234 e. The number of anilines is 3. The minimum absolute atomic E-state index is 0.356. The van der Waals surface area contributed by atoms with Crippen molar-refractivity contribution >= 4 is 39.2 Å². The van der Waals surface area contributed by atoms with Gasteiger partial charge in [-0.2, -0.15) is 0 Å². The van der Waals surface area contributed by atoms with E-state index in [1.54, 1.807) is 0 Å². The molecule has 0 bridgehead atoms. The first kappa shape index (κ1) is 34.8. The summed E-state index contributed by atoms with van der Waals surface area (Å²) in [6, 6.07) is 18.0. The molecule has 7 rings (SSSR count). The van der Waals surface area contributed by atoms with E-state index >= 15 is 0 Å². The van der Waals surface area contributed by atoms with Gasteiger partial charge in [0.05, 0.1) is 22.8 Å². The number of hydrazine groups is 1. The molecule has 3 aliphatic rings. The van der Waals surface area contributed by atoms with E-state index in [2.05, 4.69) is 172 Å². The number of nitrogens with zero attached hydrogens (tertiary/aromatic N) is 5. The van der Waals surface area contributed by atoms with Crippen molar-refractivity contribution in [2.24, 2.45) is 5.92 Å². The molecule has 1 aliphatic carbocycles. The van der Waals surface area contributed by atoms with Gasteiger partial charge < -0.3 is 0 Å². The van der Waals surface area contributed by atoms with Crippen LogP contribution in [0.25, 0.3) is 33.0 Å². The largest absolute Gasteiger partial charge is 0.291 e. The summed E-state index contributed by atoms with van der Waals surface area (Å²) in [5.41, 5.74) is 13.5. The molecule has 0 amide bonds. The van der Waals surface area contributed by atoms with Gasteiger partial charge in [0.15, 0.2) is 0 Å². The van der Waals surface area contributed by atoms with Gasteiger partial charge in [0.1, 0.15) is 0 Å². The van der Waals surface area contributed by atoms with Crippen molar-refractivity contribution in [3.8, 4) is 11.1 Å². The number of aromatic nitrogens is 2. The number of hydrogen-bond acceptors (Lipinski definition) is 5. The Kier molecular flexibility index (Phi) is 9.95. The van der Waals surface area contributed by atoms with Crippen LogP contribution < -0.4 is 9.91 Å². The van der Waals surface area contributed by atoms with Gasteiger partial charge in [0.2, 0.25) is 5.95 Å². The molecule has 5 nitrogen and oxygen atoms in total. The molecule has 0 saturated heterocycles. The zero-order valence-corrected chi connectivity index (χ0v) is 31.2. The maximum absolute atomic E-state index is 5.27. The predicted molar refractivity (Wildman–Crippen MR) is 222 cm³/mol. The molecule has 0 unspecified atom stereocenters. The van der Waals surface area contributed by atoms with Crippen LogP contribution in [0.2, 0.25) is 0 Å². The second-order valence-electron chi connectivity index (χ2n) is 14.2. The number of fused-ring (bicyclic) bond motifs is 4. The minimum atomic E-state index is 0.356. The monoisotopic (exact) mass is 683 g/mol. The lowest BCUT2D eigenvalue weighted by atomic mass is 9.90. The van der Waals surface area contributed by atoms with E-state index in [1.807, 2.05) is 6.08 Å². The van der Waals surface area contributed by atoms with Crippen LogP contribution >= 0.6 is 0 Å². The molecule has 3 heterocycles. The van der Waals surface area contributed by atoms with Crippen molar-refractivity contribution < 1.29 is 0 Å². The standard InChI is InChI=1S/C47H49N5/c1-8-39(29-32(2)3)52-46-38(22-13-10-17-27-50(52)7)30-43(41-23-14-15-24-42(41)46)37-25-26-40-33(4)19-16-18-28-51(44(40)31-37)47-48-35(6)34(5)45(49-47)36-20-11-9-12-21-36/h8-11,13-15,17-18,20,23-32H,1,4,12,16,19,21-22H2,2-3,5-7H3/b13-10-,27-17-,28-18-,39-29+. The molecule has 0 saturated carbocycles. The average Bonchev–Trinajstić information content (AvgIpc) is 3.22. The Bertz CT molecular complexity index is 2240. The summed E-state index contributed by atoms with van der Waals surface area (Å²) < 4.78 is 0. The first-order valence-electron chi connectivity index (χ1n) is 18.5. The summed E-state index contributed by atoms with van der Waals surface area (Å²) in [6.45, 7) is 17.4. The lowest BCUT2D eigenvalue weighted by Crippen LogP contribution is -2.36. The second-order valence-corrected chi connectivity index (χ2v) is 14.2. The van der Waals surface area contributed by atoms with Crippen molar-refractivity contribution in [3.05, 3.63) is 163 Å². The Hall–Kier alpha value is -5.68. The second kappa shape index (κ2) is 14.9. The number of hydrogen-bond donors (Lipinski definition) is 0. The van der Waals surface area contributed by atoms with Crippen molar-refractivity contribution in [1.29, 1.82) is 0 Å². The molecule has 4 aromatic rings. The predicted octanol–water partition coefficient (Wildman–Crippen LogP) is 12.1. The molecular formula is C47H49N5. The van der Waals surface area contributed by atoms with E-state index in [0.717, 1.165) is 82.8 Å². The Morgan fingerprint density at radius 2 is 1.67 bits per heavy atom. The van der Waals surface area contributed by atoms with Crippen LogP contribution in [-0.4, -0.2) is 22.0 Å². The summed E-state index contributed by atoms with van der Waals surface area (Å²) in [6.07, 6.45) is 28.4. The molecule has 2 aliphatic heterocycles. The molecule has 0 spiro atoms. The van der Waals surface area contributed by atoms with Crippen LogP contribution in [0.15, 0.2) is 134 Å². The zero-order chi connectivity index (χ0) is 36.4. The van der Waals surface area contributed by atoms with E-state index < -0.39 is 0 Å². The van der Waals surface area contributed by atoms with Gasteiger partial charge in [-0.1, -0.05) is 106 Å². The third kappa shape index (κ3) is 6.71. The number of rotatable bonds is 6.